The molecule has 2 amide bonds. The lowest BCUT2D eigenvalue weighted by molar-refractivity contribution is -0.123. The largest absolute Gasteiger partial charge is 0.497 e. The van der Waals surface area contributed by atoms with Crippen molar-refractivity contribution in [3.05, 3.63) is 54.1 Å². The van der Waals surface area contributed by atoms with E-state index in [1.165, 1.54) is 11.8 Å². The van der Waals surface area contributed by atoms with E-state index in [0.717, 1.165) is 17.1 Å². The van der Waals surface area contributed by atoms with Crippen LogP contribution in [0.15, 0.2) is 58.7 Å². The molecule has 8 nitrogen and oxygen atoms in total. The number of carbonyl (C=O) groups is 2. The molecular weight excluding hydrogens is 416 g/mol. The number of amides is 2. The minimum atomic E-state index is -0.601. The average Bonchev–Trinajstić information content (AvgIpc) is 2.78. The Morgan fingerprint density at radius 3 is 2.48 bits per heavy atom. The van der Waals surface area contributed by atoms with Gasteiger partial charge in [-0.3, -0.25) is 9.59 Å². The molecule has 2 N–H and O–H groups in total. The molecule has 1 aliphatic heterocycles. The summed E-state index contributed by atoms with van der Waals surface area (Å²) in [7, 11) is 1.60. The SMILES string of the molecule is CCOc1ccc(NC(=O)C2CC(=O)N/C(=N\N=C(C)c3ccc(OC)cc3)S2)cc1. The maximum atomic E-state index is 12.6. The van der Waals surface area contributed by atoms with Crippen molar-refractivity contribution < 1.29 is 19.1 Å². The minimum Gasteiger partial charge on any atom is -0.497 e. The van der Waals surface area contributed by atoms with Gasteiger partial charge in [0, 0.05) is 12.1 Å². The van der Waals surface area contributed by atoms with E-state index in [2.05, 4.69) is 20.8 Å². The molecule has 2 aromatic carbocycles. The zero-order valence-corrected chi connectivity index (χ0v) is 18.4. The molecule has 1 heterocycles. The molecule has 162 valence electrons. The second-order valence-corrected chi connectivity index (χ2v) is 7.82. The molecule has 0 aromatic heterocycles. The van der Waals surface area contributed by atoms with E-state index in [0.29, 0.717) is 18.0 Å². The Morgan fingerprint density at radius 1 is 1.16 bits per heavy atom. The second kappa shape index (κ2) is 10.6. The lowest BCUT2D eigenvalue weighted by atomic mass is 10.1. The van der Waals surface area contributed by atoms with E-state index in [9.17, 15) is 9.59 Å². The van der Waals surface area contributed by atoms with Gasteiger partial charge in [-0.2, -0.15) is 5.10 Å². The molecule has 1 unspecified atom stereocenters. The van der Waals surface area contributed by atoms with Crippen molar-refractivity contribution in [1.82, 2.24) is 5.32 Å². The third kappa shape index (κ3) is 6.32. The van der Waals surface area contributed by atoms with E-state index in [-0.39, 0.29) is 23.4 Å². The van der Waals surface area contributed by atoms with Crippen LogP contribution in [-0.4, -0.2) is 41.7 Å². The zero-order chi connectivity index (χ0) is 22.2. The van der Waals surface area contributed by atoms with Gasteiger partial charge in [-0.25, -0.2) is 0 Å². The van der Waals surface area contributed by atoms with E-state index < -0.39 is 5.25 Å². The number of hydrogen-bond acceptors (Lipinski definition) is 7. The van der Waals surface area contributed by atoms with Crippen molar-refractivity contribution in [2.24, 2.45) is 10.2 Å². The highest BCUT2D eigenvalue weighted by molar-refractivity contribution is 8.15. The van der Waals surface area contributed by atoms with Crippen LogP contribution in [0.1, 0.15) is 25.8 Å². The number of methoxy groups -OCH3 is 1. The van der Waals surface area contributed by atoms with Crippen LogP contribution < -0.4 is 20.1 Å². The first kappa shape index (κ1) is 22.4. The third-order valence-electron chi connectivity index (χ3n) is 4.39. The molecule has 2 aromatic rings. The van der Waals surface area contributed by atoms with Crippen molar-refractivity contribution in [2.45, 2.75) is 25.5 Å². The molecule has 0 radical (unpaired) electrons. The highest BCUT2D eigenvalue weighted by atomic mass is 32.2. The van der Waals surface area contributed by atoms with Crippen LogP contribution in [0.25, 0.3) is 0 Å². The summed E-state index contributed by atoms with van der Waals surface area (Å²) in [6, 6.07) is 14.5. The number of anilines is 1. The monoisotopic (exact) mass is 440 g/mol. The van der Waals surface area contributed by atoms with Gasteiger partial charge in [-0.15, -0.1) is 5.10 Å². The summed E-state index contributed by atoms with van der Waals surface area (Å²) in [6.45, 7) is 4.29. The van der Waals surface area contributed by atoms with E-state index in [4.69, 9.17) is 9.47 Å². The van der Waals surface area contributed by atoms with Gasteiger partial charge < -0.3 is 20.1 Å². The molecule has 1 aliphatic rings. The number of nitrogens with one attached hydrogen (secondary N) is 2. The van der Waals surface area contributed by atoms with Gasteiger partial charge >= 0.3 is 0 Å². The average molecular weight is 441 g/mol. The molecular formula is C22H24N4O4S. The molecule has 0 saturated carbocycles. The minimum absolute atomic E-state index is 0.0632. The summed E-state index contributed by atoms with van der Waals surface area (Å²) in [5.41, 5.74) is 2.18. The van der Waals surface area contributed by atoms with Gasteiger partial charge in [-0.05, 0) is 67.9 Å². The van der Waals surface area contributed by atoms with Crippen molar-refractivity contribution in [1.29, 1.82) is 0 Å². The number of nitrogens with zero attached hydrogens (tertiary/aromatic N) is 2. The number of benzene rings is 2. The first-order valence-electron chi connectivity index (χ1n) is 9.75. The Bertz CT molecular complexity index is 988. The summed E-state index contributed by atoms with van der Waals surface area (Å²) < 4.78 is 10.5. The molecule has 1 fully saturated rings. The van der Waals surface area contributed by atoms with Crippen LogP contribution in [0.2, 0.25) is 0 Å². The molecule has 0 spiro atoms. The fourth-order valence-electron chi connectivity index (χ4n) is 2.77. The van der Waals surface area contributed by atoms with Gasteiger partial charge in [-0.1, -0.05) is 11.8 Å². The summed E-state index contributed by atoms with van der Waals surface area (Å²) >= 11 is 1.17. The van der Waals surface area contributed by atoms with Crippen molar-refractivity contribution >= 4 is 40.1 Å². The van der Waals surface area contributed by atoms with Gasteiger partial charge in [0.05, 0.1) is 19.4 Å². The Hall–Kier alpha value is -3.33. The van der Waals surface area contributed by atoms with Crippen LogP contribution >= 0.6 is 11.8 Å². The topological polar surface area (TPSA) is 101 Å². The number of thioether (sulfide) groups is 1. The van der Waals surface area contributed by atoms with Crippen LogP contribution in [-0.2, 0) is 9.59 Å². The number of hydrogen-bond donors (Lipinski definition) is 2. The summed E-state index contributed by atoms with van der Waals surface area (Å²) in [4.78, 5) is 24.7. The standard InChI is InChI=1S/C22H24N4O4S/c1-4-30-18-11-7-16(8-12-18)23-21(28)19-13-20(27)24-22(31-19)26-25-14(2)15-5-9-17(29-3)10-6-15/h5-12,19H,4,13H2,1-3H3,(H,23,28)(H,24,26,27). The fraction of sp³-hybridized carbons (Fsp3) is 0.273. The first-order valence-corrected chi connectivity index (χ1v) is 10.6. The number of carbonyl (C=O) groups excluding carboxylic acids is 2. The van der Waals surface area contributed by atoms with Gasteiger partial charge in [0.1, 0.15) is 16.7 Å². The van der Waals surface area contributed by atoms with Gasteiger partial charge in [0.15, 0.2) is 5.17 Å². The number of ether oxygens (including phenoxy) is 2. The Kier molecular flexibility index (Phi) is 7.66. The molecule has 0 aliphatic carbocycles. The Balaban J connectivity index is 1.65. The summed E-state index contributed by atoms with van der Waals surface area (Å²) in [5, 5.41) is 13.5. The maximum absolute atomic E-state index is 12.6. The van der Waals surface area contributed by atoms with E-state index in [1.54, 1.807) is 31.4 Å². The van der Waals surface area contributed by atoms with Crippen LogP contribution in [0.4, 0.5) is 5.69 Å². The number of rotatable bonds is 7. The second-order valence-electron chi connectivity index (χ2n) is 6.62. The molecule has 9 heteroatoms. The third-order valence-corrected chi connectivity index (χ3v) is 5.47. The highest BCUT2D eigenvalue weighted by Gasteiger charge is 2.30. The van der Waals surface area contributed by atoms with Gasteiger partial charge in [0.2, 0.25) is 11.8 Å². The molecule has 1 atom stereocenters. The number of amidine groups is 1. The van der Waals surface area contributed by atoms with Crippen LogP contribution in [0.3, 0.4) is 0 Å². The maximum Gasteiger partial charge on any atom is 0.238 e. The van der Waals surface area contributed by atoms with Crippen molar-refractivity contribution in [3.63, 3.8) is 0 Å². The smallest absolute Gasteiger partial charge is 0.238 e. The Morgan fingerprint density at radius 2 is 1.84 bits per heavy atom. The molecule has 31 heavy (non-hydrogen) atoms. The molecule has 1 saturated heterocycles. The fourth-order valence-corrected chi connectivity index (χ4v) is 3.70. The van der Waals surface area contributed by atoms with E-state index >= 15 is 0 Å². The lowest BCUT2D eigenvalue weighted by Crippen LogP contribution is -2.41. The van der Waals surface area contributed by atoms with Crippen LogP contribution in [0, 0.1) is 0 Å². The van der Waals surface area contributed by atoms with Crippen molar-refractivity contribution in [2.75, 3.05) is 19.0 Å². The van der Waals surface area contributed by atoms with Crippen LogP contribution in [0.5, 0.6) is 11.5 Å². The van der Waals surface area contributed by atoms with Crippen molar-refractivity contribution in [3.8, 4) is 11.5 Å². The first-order chi connectivity index (χ1) is 15.0. The summed E-state index contributed by atoms with van der Waals surface area (Å²) in [6.07, 6.45) is 0.0632. The zero-order valence-electron chi connectivity index (χ0n) is 17.5. The Labute approximate surface area is 185 Å². The normalized spacial score (nSPS) is 17.8. The predicted octanol–water partition coefficient (Wildman–Crippen LogP) is 3.43. The molecule has 0 bridgehead atoms. The van der Waals surface area contributed by atoms with Gasteiger partial charge in [0.25, 0.3) is 0 Å². The lowest BCUT2D eigenvalue weighted by Gasteiger charge is -2.21. The molecule has 3 rings (SSSR count). The highest BCUT2D eigenvalue weighted by Crippen LogP contribution is 2.23. The quantitative estimate of drug-likeness (QED) is 0.507. The van der Waals surface area contributed by atoms with E-state index in [1.807, 2.05) is 38.1 Å². The predicted molar refractivity (Wildman–Crippen MR) is 123 cm³/mol. The summed E-state index contributed by atoms with van der Waals surface area (Å²) in [5.74, 6) is 0.931.